The molecule has 1 aliphatic heterocycles. The molecule has 1 aliphatic rings. The Bertz CT molecular complexity index is 858. The van der Waals surface area contributed by atoms with Crippen molar-refractivity contribution < 1.29 is 42.4 Å². The number of nitrogens with zero attached hydrogens (tertiary/aromatic N) is 1. The van der Waals surface area contributed by atoms with Gasteiger partial charge in [-0.1, -0.05) is 42.5 Å². The average molecular weight is 455 g/mol. The number of carboxylic acids is 2. The highest BCUT2D eigenvalue weighted by Crippen LogP contribution is 2.24. The Morgan fingerprint density at radius 1 is 1.06 bits per heavy atom. The predicted octanol–water partition coefficient (Wildman–Crippen LogP) is 3.75. The molecule has 0 radical (unpaired) electrons. The topological polar surface area (TPSA) is 96.3 Å². The lowest BCUT2D eigenvalue weighted by Crippen LogP contribution is -2.39. The molecule has 1 fully saturated rings. The van der Waals surface area contributed by atoms with Gasteiger partial charge in [0, 0.05) is 19.6 Å². The molecule has 0 bridgehead atoms. The minimum Gasteiger partial charge on any atom is -0.489 e. The van der Waals surface area contributed by atoms with E-state index in [1.165, 1.54) is 0 Å². The van der Waals surface area contributed by atoms with Gasteiger partial charge in [-0.2, -0.15) is 13.2 Å². The van der Waals surface area contributed by atoms with Crippen molar-refractivity contribution in [3.05, 3.63) is 65.7 Å². The lowest BCUT2D eigenvalue weighted by molar-refractivity contribution is -0.192. The van der Waals surface area contributed by atoms with E-state index in [4.69, 9.17) is 24.5 Å². The Balaban J connectivity index is 0.000000451. The molecule has 0 aliphatic carbocycles. The molecule has 3 rings (SSSR count). The number of hydrogen-bond donors (Lipinski definition) is 2. The molecular formula is C22H24F3NO6. The Labute approximate surface area is 183 Å². The summed E-state index contributed by atoms with van der Waals surface area (Å²) in [5.74, 6) is -2.69. The zero-order valence-corrected chi connectivity index (χ0v) is 17.1. The normalized spacial score (nSPS) is 16.5. The van der Waals surface area contributed by atoms with Crippen molar-refractivity contribution >= 4 is 11.9 Å². The van der Waals surface area contributed by atoms with Gasteiger partial charge in [0.1, 0.15) is 12.4 Å². The van der Waals surface area contributed by atoms with Gasteiger partial charge in [-0.15, -0.1) is 0 Å². The summed E-state index contributed by atoms with van der Waals surface area (Å²) in [5, 5.41) is 15.9. The quantitative estimate of drug-likeness (QED) is 0.657. The summed E-state index contributed by atoms with van der Waals surface area (Å²) in [6, 6.07) is 18.0. The van der Waals surface area contributed by atoms with E-state index < -0.39 is 18.1 Å². The average Bonchev–Trinajstić information content (AvgIpc) is 2.77. The summed E-state index contributed by atoms with van der Waals surface area (Å²) in [5.41, 5.74) is 2.23. The number of hydrogen-bond acceptors (Lipinski definition) is 5. The molecular weight excluding hydrogens is 431 g/mol. The first-order chi connectivity index (χ1) is 15.1. The van der Waals surface area contributed by atoms with Crippen molar-refractivity contribution in [2.24, 2.45) is 0 Å². The first-order valence-electron chi connectivity index (χ1n) is 9.77. The first-order valence-corrected chi connectivity index (χ1v) is 9.77. The maximum absolute atomic E-state index is 10.7. The van der Waals surface area contributed by atoms with Crippen molar-refractivity contribution in [2.45, 2.75) is 25.3 Å². The Kier molecular flexibility index (Phi) is 9.48. The van der Waals surface area contributed by atoms with Crippen LogP contribution in [0.5, 0.6) is 5.75 Å². The lowest BCUT2D eigenvalue weighted by Gasteiger charge is -2.32. The number of aliphatic carboxylic acids is 2. The molecule has 2 aromatic carbocycles. The molecule has 1 atom stereocenters. The van der Waals surface area contributed by atoms with Crippen LogP contribution in [0.1, 0.15) is 23.7 Å². The van der Waals surface area contributed by atoms with Gasteiger partial charge in [0.05, 0.1) is 19.1 Å². The minimum absolute atomic E-state index is 0.0225. The molecule has 2 aromatic rings. The molecule has 1 heterocycles. The third-order valence-corrected chi connectivity index (χ3v) is 4.54. The standard InChI is InChI=1S/C20H23NO4.C2HF3O2/c22-20(23)10-11-21-12-13-24-19(14-21)17-6-8-18(9-7-17)25-15-16-4-2-1-3-5-16;3-2(4,5)1(6)7/h1-9,19H,10-15H2,(H,22,23);(H,6,7). The maximum atomic E-state index is 10.7. The van der Waals surface area contributed by atoms with Gasteiger partial charge < -0.3 is 19.7 Å². The number of carboxylic acid groups (broad SMARTS) is 2. The van der Waals surface area contributed by atoms with E-state index in [0.717, 1.165) is 30.0 Å². The molecule has 7 nitrogen and oxygen atoms in total. The molecule has 1 unspecified atom stereocenters. The minimum atomic E-state index is -5.08. The maximum Gasteiger partial charge on any atom is 0.490 e. The van der Waals surface area contributed by atoms with E-state index in [1.807, 2.05) is 54.6 Å². The first kappa shape index (κ1) is 25.2. The number of ether oxygens (including phenoxy) is 2. The lowest BCUT2D eigenvalue weighted by atomic mass is 10.1. The number of morpholine rings is 1. The van der Waals surface area contributed by atoms with Crippen LogP contribution in [0.15, 0.2) is 54.6 Å². The van der Waals surface area contributed by atoms with E-state index in [-0.39, 0.29) is 12.5 Å². The summed E-state index contributed by atoms with van der Waals surface area (Å²) in [7, 11) is 0. The number of rotatable bonds is 7. The van der Waals surface area contributed by atoms with Gasteiger partial charge in [-0.3, -0.25) is 9.69 Å². The van der Waals surface area contributed by atoms with E-state index in [1.54, 1.807) is 0 Å². The summed E-state index contributed by atoms with van der Waals surface area (Å²) < 4.78 is 43.4. The number of halogens is 3. The highest BCUT2D eigenvalue weighted by Gasteiger charge is 2.38. The molecule has 1 saturated heterocycles. The molecule has 0 aromatic heterocycles. The van der Waals surface area contributed by atoms with Crippen LogP contribution < -0.4 is 4.74 Å². The Morgan fingerprint density at radius 3 is 2.25 bits per heavy atom. The van der Waals surface area contributed by atoms with E-state index in [2.05, 4.69) is 4.90 Å². The fraction of sp³-hybridized carbons (Fsp3) is 0.364. The van der Waals surface area contributed by atoms with Gasteiger partial charge in [0.25, 0.3) is 0 Å². The van der Waals surface area contributed by atoms with Gasteiger partial charge in [-0.05, 0) is 23.3 Å². The second kappa shape index (κ2) is 12.1. The zero-order valence-electron chi connectivity index (χ0n) is 17.1. The van der Waals surface area contributed by atoms with Crippen LogP contribution in [0.2, 0.25) is 0 Å². The summed E-state index contributed by atoms with van der Waals surface area (Å²) in [6.45, 7) is 3.23. The molecule has 2 N–H and O–H groups in total. The highest BCUT2D eigenvalue weighted by atomic mass is 19.4. The Morgan fingerprint density at radius 2 is 1.69 bits per heavy atom. The van der Waals surface area contributed by atoms with Crippen molar-refractivity contribution in [3.63, 3.8) is 0 Å². The molecule has 0 amide bonds. The van der Waals surface area contributed by atoms with E-state index in [0.29, 0.717) is 19.8 Å². The number of carbonyl (C=O) groups is 2. The third-order valence-electron chi connectivity index (χ3n) is 4.54. The van der Waals surface area contributed by atoms with Gasteiger partial charge in [-0.25, -0.2) is 4.79 Å². The zero-order chi connectivity index (χ0) is 23.6. The van der Waals surface area contributed by atoms with Crippen molar-refractivity contribution in [1.82, 2.24) is 4.90 Å². The third kappa shape index (κ3) is 8.94. The van der Waals surface area contributed by atoms with Crippen LogP contribution in [0.25, 0.3) is 0 Å². The van der Waals surface area contributed by atoms with Crippen LogP contribution in [0, 0.1) is 0 Å². The monoisotopic (exact) mass is 455 g/mol. The molecule has 10 heteroatoms. The van der Waals surface area contributed by atoms with Gasteiger partial charge in [0.2, 0.25) is 0 Å². The second-order valence-electron chi connectivity index (χ2n) is 6.95. The molecule has 32 heavy (non-hydrogen) atoms. The van der Waals surface area contributed by atoms with Gasteiger partial charge >= 0.3 is 18.1 Å². The fourth-order valence-electron chi connectivity index (χ4n) is 2.88. The van der Waals surface area contributed by atoms with Crippen LogP contribution in [0.3, 0.4) is 0 Å². The van der Waals surface area contributed by atoms with E-state index >= 15 is 0 Å². The summed E-state index contributed by atoms with van der Waals surface area (Å²) in [6.07, 6.45) is -4.94. The molecule has 0 spiro atoms. The van der Waals surface area contributed by atoms with Crippen LogP contribution in [0.4, 0.5) is 13.2 Å². The number of benzene rings is 2. The van der Waals surface area contributed by atoms with E-state index in [9.17, 15) is 18.0 Å². The largest absolute Gasteiger partial charge is 0.490 e. The fourth-order valence-corrected chi connectivity index (χ4v) is 2.88. The van der Waals surface area contributed by atoms with Crippen molar-refractivity contribution in [1.29, 1.82) is 0 Å². The van der Waals surface area contributed by atoms with Crippen molar-refractivity contribution in [3.8, 4) is 5.75 Å². The highest BCUT2D eigenvalue weighted by molar-refractivity contribution is 5.73. The van der Waals surface area contributed by atoms with Gasteiger partial charge in [0.15, 0.2) is 0 Å². The second-order valence-corrected chi connectivity index (χ2v) is 6.95. The Hall–Kier alpha value is -3.11. The summed E-state index contributed by atoms with van der Waals surface area (Å²) in [4.78, 5) is 21.8. The molecule has 174 valence electrons. The predicted molar refractivity (Wildman–Crippen MR) is 108 cm³/mol. The SMILES string of the molecule is O=C(O)C(F)(F)F.O=C(O)CCN1CCOC(c2ccc(OCc3ccccc3)cc2)C1. The number of alkyl halides is 3. The van der Waals surface area contributed by atoms with Crippen molar-refractivity contribution in [2.75, 3.05) is 26.2 Å². The van der Waals surface area contributed by atoms with Crippen LogP contribution in [-0.4, -0.2) is 59.5 Å². The van der Waals surface area contributed by atoms with Crippen LogP contribution in [-0.2, 0) is 20.9 Å². The van der Waals surface area contributed by atoms with Crippen LogP contribution >= 0.6 is 0 Å². The smallest absolute Gasteiger partial charge is 0.489 e. The molecule has 0 saturated carbocycles. The summed E-state index contributed by atoms with van der Waals surface area (Å²) >= 11 is 0.